The second-order valence-electron chi connectivity index (χ2n) is 9.56. The van der Waals surface area contributed by atoms with E-state index >= 15 is 0 Å². The van der Waals surface area contributed by atoms with Crippen molar-refractivity contribution in [1.82, 2.24) is 4.98 Å². The van der Waals surface area contributed by atoms with Crippen LogP contribution in [0, 0.1) is 5.92 Å². The Morgan fingerprint density at radius 2 is 2.11 bits per heavy atom. The minimum absolute atomic E-state index is 0.111. The number of rotatable bonds is 6. The second kappa shape index (κ2) is 10.0. The Balaban J connectivity index is 1.77. The van der Waals surface area contributed by atoms with Crippen molar-refractivity contribution < 1.29 is 24.0 Å². The minimum Gasteiger partial charge on any atom is -0.507 e. The monoisotopic (exact) mass is 507 g/mol. The topological polar surface area (TPSA) is 94.1 Å². The van der Waals surface area contributed by atoms with Gasteiger partial charge in [-0.05, 0) is 49.9 Å². The lowest BCUT2D eigenvalue weighted by Crippen LogP contribution is -3.12. The zero-order chi connectivity index (χ0) is 25.4. The largest absolute Gasteiger partial charge is 0.507 e. The first-order chi connectivity index (χ1) is 17.4. The van der Waals surface area contributed by atoms with Crippen LogP contribution in [0.1, 0.15) is 55.3 Å². The lowest BCUT2D eigenvalue weighted by atomic mass is 9.97. The average Bonchev–Trinajstić information content (AvgIpc) is 3.29. The van der Waals surface area contributed by atoms with Gasteiger partial charge in [-0.1, -0.05) is 26.0 Å². The van der Waals surface area contributed by atoms with E-state index in [4.69, 9.17) is 9.15 Å². The lowest BCUT2D eigenvalue weighted by Gasteiger charge is -2.28. The van der Waals surface area contributed by atoms with E-state index in [-0.39, 0.29) is 34.7 Å². The number of piperidine rings is 1. The van der Waals surface area contributed by atoms with E-state index in [1.807, 2.05) is 31.2 Å². The van der Waals surface area contributed by atoms with Gasteiger partial charge in [-0.25, -0.2) is 9.78 Å². The van der Waals surface area contributed by atoms with Crippen molar-refractivity contribution in [2.24, 2.45) is 5.92 Å². The van der Waals surface area contributed by atoms with E-state index < -0.39 is 5.97 Å². The fraction of sp³-hybridized carbons (Fsp3) is 0.393. The molecule has 0 spiro atoms. The number of carbonyl (C=O) groups excluding carboxylic acids is 1. The molecule has 3 heterocycles. The molecular formula is C28H31N2O5S+. The number of ether oxygens (including phenoxy) is 1. The van der Waals surface area contributed by atoms with Crippen LogP contribution in [-0.4, -0.2) is 35.8 Å². The number of para-hydroxylation sites is 1. The summed E-state index contributed by atoms with van der Waals surface area (Å²) in [5, 5.41) is 12.0. The highest BCUT2D eigenvalue weighted by atomic mass is 32.1. The molecule has 1 aliphatic heterocycles. The van der Waals surface area contributed by atoms with Gasteiger partial charge in [-0.3, -0.25) is 4.79 Å². The molecule has 1 aliphatic rings. The number of aryl methyl sites for hydroxylation is 1. The van der Waals surface area contributed by atoms with E-state index in [1.54, 1.807) is 13.0 Å². The Labute approximate surface area is 213 Å². The SMILES string of the molecule is CCOC(=O)c1oc2c(C[NH+]3CCC[C@@H](C)C3)c(O)c(CC)cc2c(=O)c1-c1nc2ccccc2s1. The molecule has 1 fully saturated rings. The van der Waals surface area contributed by atoms with Crippen molar-refractivity contribution in [3.05, 3.63) is 57.4 Å². The molecule has 2 atom stereocenters. The third-order valence-corrected chi connectivity index (χ3v) is 8.02. The number of hydrogen-bond donors (Lipinski definition) is 2. The van der Waals surface area contributed by atoms with Crippen LogP contribution in [0.5, 0.6) is 5.75 Å². The predicted molar refractivity (Wildman–Crippen MR) is 141 cm³/mol. The molecule has 1 saturated heterocycles. The molecule has 8 heteroatoms. The molecular weight excluding hydrogens is 476 g/mol. The number of phenolic OH excluding ortho intramolecular Hbond substituents is 1. The van der Waals surface area contributed by atoms with E-state index in [9.17, 15) is 14.7 Å². The first-order valence-corrected chi connectivity index (χ1v) is 13.4. The van der Waals surface area contributed by atoms with E-state index in [0.717, 1.165) is 29.7 Å². The number of likely N-dealkylation sites (tertiary alicyclic amines) is 1. The van der Waals surface area contributed by atoms with Crippen molar-refractivity contribution in [2.45, 2.75) is 46.6 Å². The molecule has 5 rings (SSSR count). The summed E-state index contributed by atoms with van der Waals surface area (Å²) >= 11 is 1.34. The van der Waals surface area contributed by atoms with Gasteiger partial charge in [-0.15, -0.1) is 11.3 Å². The minimum atomic E-state index is -0.713. The van der Waals surface area contributed by atoms with Gasteiger partial charge < -0.3 is 19.2 Å². The quantitative estimate of drug-likeness (QED) is 0.378. The van der Waals surface area contributed by atoms with Gasteiger partial charge in [0.15, 0.2) is 5.58 Å². The molecule has 0 bridgehead atoms. The van der Waals surface area contributed by atoms with Crippen molar-refractivity contribution in [3.8, 4) is 16.3 Å². The molecule has 0 aliphatic carbocycles. The van der Waals surface area contributed by atoms with Gasteiger partial charge >= 0.3 is 5.97 Å². The van der Waals surface area contributed by atoms with Crippen LogP contribution >= 0.6 is 11.3 Å². The molecule has 2 aromatic heterocycles. The first kappa shape index (κ1) is 24.5. The number of nitrogens with zero attached hydrogens (tertiary/aromatic N) is 1. The van der Waals surface area contributed by atoms with Crippen LogP contribution in [0.15, 0.2) is 39.5 Å². The number of nitrogens with one attached hydrogen (secondary N) is 1. The Kier molecular flexibility index (Phi) is 6.81. The lowest BCUT2D eigenvalue weighted by molar-refractivity contribution is -0.922. The normalized spacial score (nSPS) is 18.1. The smallest absolute Gasteiger partial charge is 0.375 e. The molecule has 36 heavy (non-hydrogen) atoms. The highest BCUT2D eigenvalue weighted by Crippen LogP contribution is 2.36. The molecule has 2 aromatic carbocycles. The summed E-state index contributed by atoms with van der Waals surface area (Å²) in [5.74, 6) is -0.152. The number of esters is 1. The summed E-state index contributed by atoms with van der Waals surface area (Å²) in [6.07, 6.45) is 2.87. The first-order valence-electron chi connectivity index (χ1n) is 12.6. The van der Waals surface area contributed by atoms with Gasteiger partial charge in [0.25, 0.3) is 0 Å². The molecule has 0 radical (unpaired) electrons. The number of carbonyl (C=O) groups is 1. The zero-order valence-electron chi connectivity index (χ0n) is 20.8. The summed E-state index contributed by atoms with van der Waals surface area (Å²) in [4.78, 5) is 33.0. The molecule has 188 valence electrons. The van der Waals surface area contributed by atoms with Gasteiger partial charge in [0, 0.05) is 5.92 Å². The van der Waals surface area contributed by atoms with Crippen LogP contribution in [0.25, 0.3) is 31.8 Å². The van der Waals surface area contributed by atoms with E-state index in [2.05, 4.69) is 11.9 Å². The van der Waals surface area contributed by atoms with Crippen LogP contribution in [0.2, 0.25) is 0 Å². The summed E-state index contributed by atoms with van der Waals surface area (Å²) in [5.41, 5.74) is 2.04. The fourth-order valence-corrected chi connectivity index (χ4v) is 6.21. The maximum atomic E-state index is 14.0. The Hall–Kier alpha value is -3.23. The number of thiazole rings is 1. The molecule has 7 nitrogen and oxygen atoms in total. The van der Waals surface area contributed by atoms with Crippen LogP contribution < -0.4 is 10.3 Å². The molecule has 1 unspecified atom stereocenters. The van der Waals surface area contributed by atoms with Crippen LogP contribution in [-0.2, 0) is 17.7 Å². The van der Waals surface area contributed by atoms with Crippen molar-refractivity contribution in [1.29, 1.82) is 0 Å². The third-order valence-electron chi connectivity index (χ3n) is 6.97. The molecule has 0 saturated carbocycles. The Morgan fingerprint density at radius 1 is 1.31 bits per heavy atom. The highest BCUT2D eigenvalue weighted by Gasteiger charge is 2.30. The van der Waals surface area contributed by atoms with Crippen LogP contribution in [0.4, 0.5) is 0 Å². The van der Waals surface area contributed by atoms with Crippen molar-refractivity contribution >= 4 is 38.5 Å². The zero-order valence-corrected chi connectivity index (χ0v) is 21.7. The number of benzene rings is 2. The molecule has 4 aromatic rings. The Bertz CT molecular complexity index is 1470. The number of fused-ring (bicyclic) bond motifs is 2. The fourth-order valence-electron chi connectivity index (χ4n) is 5.20. The van der Waals surface area contributed by atoms with Gasteiger partial charge in [-0.2, -0.15) is 0 Å². The predicted octanol–water partition coefficient (Wildman–Crippen LogP) is 4.33. The summed E-state index contributed by atoms with van der Waals surface area (Å²) in [7, 11) is 0. The standard InChI is InChI=1S/C28H30N2O5S/c1-4-17-13-18-24(32)22(27-29-20-10-6-7-11-21(20)36-27)26(28(33)34-5-2)35-25(18)19(23(17)31)15-30-12-8-9-16(3)14-30/h6-7,10-11,13,16,31H,4-5,8-9,12,14-15H2,1-3H3/p+1/t16-/m1/s1. The maximum Gasteiger partial charge on any atom is 0.375 e. The number of phenols is 1. The number of aromatic nitrogens is 1. The van der Waals surface area contributed by atoms with Crippen molar-refractivity contribution in [3.63, 3.8) is 0 Å². The summed E-state index contributed by atoms with van der Waals surface area (Å²) in [6, 6.07) is 9.28. The van der Waals surface area contributed by atoms with Crippen molar-refractivity contribution in [2.75, 3.05) is 19.7 Å². The van der Waals surface area contributed by atoms with Gasteiger partial charge in [0.1, 0.15) is 22.9 Å². The average molecular weight is 508 g/mol. The van der Waals surface area contributed by atoms with E-state index in [1.165, 1.54) is 22.7 Å². The Morgan fingerprint density at radius 3 is 2.83 bits per heavy atom. The van der Waals surface area contributed by atoms with E-state index in [0.29, 0.717) is 40.4 Å². The second-order valence-corrected chi connectivity index (χ2v) is 10.6. The number of hydrogen-bond acceptors (Lipinski definition) is 7. The number of quaternary nitrogens is 1. The third kappa shape index (κ3) is 4.40. The van der Waals surface area contributed by atoms with Gasteiger partial charge in [0.2, 0.25) is 11.2 Å². The summed E-state index contributed by atoms with van der Waals surface area (Å²) in [6.45, 7) is 8.53. The van der Waals surface area contributed by atoms with Crippen LogP contribution in [0.3, 0.4) is 0 Å². The van der Waals surface area contributed by atoms with Gasteiger partial charge in [0.05, 0.1) is 40.9 Å². The molecule has 2 N–H and O–H groups in total. The maximum absolute atomic E-state index is 14.0. The number of aromatic hydroxyl groups is 1. The summed E-state index contributed by atoms with van der Waals surface area (Å²) < 4.78 is 12.4. The molecule has 0 amide bonds. The highest BCUT2D eigenvalue weighted by molar-refractivity contribution is 7.21.